The van der Waals surface area contributed by atoms with Gasteiger partial charge in [0, 0.05) is 6.61 Å². The van der Waals surface area contributed by atoms with Gasteiger partial charge >= 0.3 is 0 Å². The summed E-state index contributed by atoms with van der Waals surface area (Å²) in [4.78, 5) is 0. The lowest BCUT2D eigenvalue weighted by Gasteiger charge is -2.43. The molecule has 0 N–H and O–H groups in total. The van der Waals surface area contributed by atoms with Gasteiger partial charge in [0.2, 0.25) is 0 Å². The van der Waals surface area contributed by atoms with Crippen molar-refractivity contribution < 1.29 is 4.74 Å². The van der Waals surface area contributed by atoms with Crippen LogP contribution in [0.5, 0.6) is 0 Å². The molecule has 0 unspecified atom stereocenters. The minimum atomic E-state index is 0.260. The third-order valence-corrected chi connectivity index (χ3v) is 5.58. The highest BCUT2D eigenvalue weighted by Crippen LogP contribution is 2.44. The van der Waals surface area contributed by atoms with Crippen molar-refractivity contribution in [2.24, 2.45) is 11.8 Å². The van der Waals surface area contributed by atoms with Crippen molar-refractivity contribution in [2.75, 3.05) is 6.61 Å². The van der Waals surface area contributed by atoms with Gasteiger partial charge in [-0.3, -0.25) is 0 Å². The SMILES string of the molecule is CCCOC1(CCC)CCC(C2CCCCC2)CC1. The highest BCUT2D eigenvalue weighted by Gasteiger charge is 2.37. The molecular formula is C18H34O. The molecule has 1 nitrogen and oxygen atoms in total. The van der Waals surface area contributed by atoms with Gasteiger partial charge < -0.3 is 4.74 Å². The second-order valence-corrected chi connectivity index (χ2v) is 7.02. The lowest BCUT2D eigenvalue weighted by atomic mass is 9.68. The first-order valence-electron chi connectivity index (χ1n) is 8.93. The molecule has 0 aromatic heterocycles. The molecule has 0 amide bonds. The zero-order chi connectivity index (χ0) is 13.6. The molecule has 2 aliphatic carbocycles. The van der Waals surface area contributed by atoms with Gasteiger partial charge in [-0.05, 0) is 50.4 Å². The quantitative estimate of drug-likeness (QED) is 0.597. The van der Waals surface area contributed by atoms with Gasteiger partial charge in [0.1, 0.15) is 0 Å². The summed E-state index contributed by atoms with van der Waals surface area (Å²) in [6.07, 6.45) is 16.8. The van der Waals surface area contributed by atoms with Crippen LogP contribution >= 0.6 is 0 Å². The third-order valence-electron chi connectivity index (χ3n) is 5.58. The van der Waals surface area contributed by atoms with Crippen LogP contribution in [0.4, 0.5) is 0 Å². The van der Waals surface area contributed by atoms with Crippen LogP contribution in [-0.4, -0.2) is 12.2 Å². The van der Waals surface area contributed by atoms with E-state index in [1.165, 1.54) is 70.6 Å². The van der Waals surface area contributed by atoms with Crippen molar-refractivity contribution in [3.05, 3.63) is 0 Å². The summed E-state index contributed by atoms with van der Waals surface area (Å²) in [5, 5.41) is 0. The molecule has 0 heterocycles. The molecule has 0 aromatic carbocycles. The van der Waals surface area contributed by atoms with Gasteiger partial charge in [0.15, 0.2) is 0 Å². The van der Waals surface area contributed by atoms with Crippen LogP contribution in [0.3, 0.4) is 0 Å². The van der Waals surface area contributed by atoms with Crippen LogP contribution in [-0.2, 0) is 4.74 Å². The maximum atomic E-state index is 6.30. The summed E-state index contributed by atoms with van der Waals surface area (Å²) in [7, 11) is 0. The molecule has 0 spiro atoms. The average Bonchev–Trinajstić information content (AvgIpc) is 2.47. The average molecular weight is 266 g/mol. The fourth-order valence-electron chi connectivity index (χ4n) is 4.48. The fraction of sp³-hybridized carbons (Fsp3) is 1.00. The first-order valence-corrected chi connectivity index (χ1v) is 8.93. The standard InChI is InChI=1S/C18H34O/c1-3-12-18(19-15-4-2)13-10-17(11-14-18)16-8-6-5-7-9-16/h16-17H,3-15H2,1-2H3. The van der Waals surface area contributed by atoms with Gasteiger partial charge in [0.05, 0.1) is 5.60 Å². The molecule has 112 valence electrons. The number of ether oxygens (including phenoxy) is 1. The van der Waals surface area contributed by atoms with Crippen molar-refractivity contribution in [3.8, 4) is 0 Å². The monoisotopic (exact) mass is 266 g/mol. The second kappa shape index (κ2) is 7.67. The van der Waals surface area contributed by atoms with Gasteiger partial charge in [-0.25, -0.2) is 0 Å². The Labute approximate surface area is 120 Å². The largest absolute Gasteiger partial charge is 0.375 e. The first kappa shape index (κ1) is 15.4. The summed E-state index contributed by atoms with van der Waals surface area (Å²) in [5.41, 5.74) is 0.260. The number of hydrogen-bond donors (Lipinski definition) is 0. The first-order chi connectivity index (χ1) is 9.29. The van der Waals surface area contributed by atoms with Crippen molar-refractivity contribution in [1.82, 2.24) is 0 Å². The highest BCUT2D eigenvalue weighted by molar-refractivity contribution is 4.89. The molecule has 0 atom stereocenters. The minimum absolute atomic E-state index is 0.260. The molecule has 2 fully saturated rings. The molecule has 0 aromatic rings. The van der Waals surface area contributed by atoms with E-state index < -0.39 is 0 Å². The highest BCUT2D eigenvalue weighted by atomic mass is 16.5. The van der Waals surface area contributed by atoms with Crippen LogP contribution in [0.15, 0.2) is 0 Å². The maximum Gasteiger partial charge on any atom is 0.0682 e. The smallest absolute Gasteiger partial charge is 0.0682 e. The van der Waals surface area contributed by atoms with Crippen molar-refractivity contribution in [1.29, 1.82) is 0 Å². The second-order valence-electron chi connectivity index (χ2n) is 7.02. The Hall–Kier alpha value is -0.0400. The molecule has 0 saturated heterocycles. The van der Waals surface area contributed by atoms with E-state index in [4.69, 9.17) is 4.74 Å². The number of rotatable bonds is 6. The van der Waals surface area contributed by atoms with E-state index in [0.717, 1.165) is 24.9 Å². The fourth-order valence-corrected chi connectivity index (χ4v) is 4.48. The van der Waals surface area contributed by atoms with E-state index in [9.17, 15) is 0 Å². The zero-order valence-electron chi connectivity index (χ0n) is 13.3. The lowest BCUT2D eigenvalue weighted by molar-refractivity contribution is -0.0887. The van der Waals surface area contributed by atoms with E-state index in [1.807, 2.05) is 0 Å². The summed E-state index contributed by atoms with van der Waals surface area (Å²) < 4.78 is 6.30. The van der Waals surface area contributed by atoms with Crippen LogP contribution in [0.2, 0.25) is 0 Å². The van der Waals surface area contributed by atoms with E-state index in [0.29, 0.717) is 0 Å². The summed E-state index contributed by atoms with van der Waals surface area (Å²) in [6.45, 7) is 5.51. The van der Waals surface area contributed by atoms with Gasteiger partial charge in [-0.1, -0.05) is 52.4 Å². The Morgan fingerprint density at radius 3 is 2.05 bits per heavy atom. The Kier molecular flexibility index (Phi) is 6.19. The molecular weight excluding hydrogens is 232 g/mol. The van der Waals surface area contributed by atoms with Crippen LogP contribution < -0.4 is 0 Å². The van der Waals surface area contributed by atoms with Crippen LogP contribution in [0.1, 0.15) is 90.9 Å². The predicted molar refractivity (Wildman–Crippen MR) is 82.4 cm³/mol. The molecule has 0 bridgehead atoms. The summed E-state index contributed by atoms with van der Waals surface area (Å²) in [6, 6.07) is 0. The molecule has 1 heteroatoms. The van der Waals surface area contributed by atoms with E-state index in [-0.39, 0.29) is 5.60 Å². The van der Waals surface area contributed by atoms with Gasteiger partial charge in [0.25, 0.3) is 0 Å². The molecule has 2 aliphatic rings. The zero-order valence-corrected chi connectivity index (χ0v) is 13.3. The van der Waals surface area contributed by atoms with Gasteiger partial charge in [-0.15, -0.1) is 0 Å². The predicted octanol–water partition coefficient (Wildman–Crippen LogP) is 5.72. The number of hydrogen-bond acceptors (Lipinski definition) is 1. The van der Waals surface area contributed by atoms with Gasteiger partial charge in [-0.2, -0.15) is 0 Å². The van der Waals surface area contributed by atoms with Crippen molar-refractivity contribution >= 4 is 0 Å². The normalized spacial score (nSPS) is 33.5. The van der Waals surface area contributed by atoms with Crippen molar-refractivity contribution in [3.63, 3.8) is 0 Å². The molecule has 2 rings (SSSR count). The molecule has 0 radical (unpaired) electrons. The molecule has 2 saturated carbocycles. The Balaban J connectivity index is 1.83. The van der Waals surface area contributed by atoms with Crippen LogP contribution in [0.25, 0.3) is 0 Å². The summed E-state index contributed by atoms with van der Waals surface area (Å²) >= 11 is 0. The van der Waals surface area contributed by atoms with Crippen LogP contribution in [0, 0.1) is 11.8 Å². The summed E-state index contributed by atoms with van der Waals surface area (Å²) in [5.74, 6) is 2.08. The molecule has 19 heavy (non-hydrogen) atoms. The van der Waals surface area contributed by atoms with E-state index in [2.05, 4.69) is 13.8 Å². The molecule has 0 aliphatic heterocycles. The lowest BCUT2D eigenvalue weighted by Crippen LogP contribution is -2.39. The Morgan fingerprint density at radius 1 is 0.842 bits per heavy atom. The van der Waals surface area contributed by atoms with Crippen molar-refractivity contribution in [2.45, 2.75) is 96.5 Å². The van der Waals surface area contributed by atoms with E-state index in [1.54, 1.807) is 0 Å². The Bertz CT molecular complexity index is 234. The Morgan fingerprint density at radius 2 is 1.47 bits per heavy atom. The third kappa shape index (κ3) is 4.21. The maximum absolute atomic E-state index is 6.30. The minimum Gasteiger partial charge on any atom is -0.375 e. The topological polar surface area (TPSA) is 9.23 Å². The van der Waals surface area contributed by atoms with E-state index >= 15 is 0 Å².